The molecule has 0 saturated carbocycles. The Bertz CT molecular complexity index is 771. The number of thiazole rings is 1. The Morgan fingerprint density at radius 1 is 1.56 bits per heavy atom. The number of rotatable bonds is 2. The molecular formula is C11H9ClN4S2. The Kier molecular flexibility index (Phi) is 2.93. The normalized spacial score (nSPS) is 11.2. The summed E-state index contributed by atoms with van der Waals surface area (Å²) in [6, 6.07) is 1.82. The average molecular weight is 297 g/mol. The second kappa shape index (κ2) is 4.46. The van der Waals surface area contributed by atoms with Crippen LogP contribution in [0.15, 0.2) is 17.6 Å². The van der Waals surface area contributed by atoms with Crippen molar-refractivity contribution in [3.05, 3.63) is 38.1 Å². The van der Waals surface area contributed by atoms with E-state index in [1.807, 2.05) is 22.9 Å². The molecular weight excluding hydrogens is 288 g/mol. The quantitative estimate of drug-likeness (QED) is 0.736. The van der Waals surface area contributed by atoms with Gasteiger partial charge in [0.1, 0.15) is 5.01 Å². The Morgan fingerprint density at radius 3 is 3.11 bits per heavy atom. The van der Waals surface area contributed by atoms with E-state index < -0.39 is 0 Å². The lowest BCUT2D eigenvalue weighted by Crippen LogP contribution is -2.00. The van der Waals surface area contributed by atoms with E-state index in [4.69, 9.17) is 23.8 Å². The Morgan fingerprint density at radius 2 is 2.39 bits per heavy atom. The number of fused-ring (bicyclic) bond motifs is 1. The van der Waals surface area contributed by atoms with E-state index in [0.717, 1.165) is 21.9 Å². The van der Waals surface area contributed by atoms with E-state index >= 15 is 0 Å². The molecule has 0 amide bonds. The zero-order chi connectivity index (χ0) is 12.7. The number of imidazole rings is 1. The van der Waals surface area contributed by atoms with E-state index in [0.29, 0.717) is 16.3 Å². The van der Waals surface area contributed by atoms with Crippen LogP contribution in [0.5, 0.6) is 0 Å². The molecule has 7 heteroatoms. The molecule has 0 atom stereocenters. The van der Waals surface area contributed by atoms with Crippen molar-refractivity contribution in [2.24, 2.45) is 0 Å². The summed E-state index contributed by atoms with van der Waals surface area (Å²) in [7, 11) is 0. The molecule has 0 spiro atoms. The molecule has 3 rings (SSSR count). The molecule has 3 heterocycles. The van der Waals surface area contributed by atoms with Gasteiger partial charge in [0.25, 0.3) is 0 Å². The van der Waals surface area contributed by atoms with Crippen molar-refractivity contribution in [2.45, 2.75) is 13.5 Å². The van der Waals surface area contributed by atoms with Crippen LogP contribution >= 0.6 is 35.2 Å². The molecule has 0 unspecified atom stereocenters. The second-order valence-electron chi connectivity index (χ2n) is 3.92. The number of hydrogen-bond acceptors (Lipinski definition) is 4. The van der Waals surface area contributed by atoms with E-state index in [1.165, 1.54) is 0 Å². The standard InChI is InChI=1S/C11H9ClN4S2/c1-6-5-18-9(14-6)4-16-10-8(15-11(16)17)2-7(12)3-13-10/h2-3,5H,4H2,1H3,(H,15,17). The Balaban J connectivity index is 2.11. The first-order valence-corrected chi connectivity index (χ1v) is 6.95. The zero-order valence-electron chi connectivity index (χ0n) is 9.48. The highest BCUT2D eigenvalue weighted by Crippen LogP contribution is 2.18. The van der Waals surface area contributed by atoms with Crippen LogP contribution in [0.2, 0.25) is 5.02 Å². The van der Waals surface area contributed by atoms with Crippen LogP contribution in [-0.4, -0.2) is 19.5 Å². The SMILES string of the molecule is Cc1csc(Cn2c(=S)[nH]c3cc(Cl)cnc32)n1. The minimum atomic E-state index is 0.594. The van der Waals surface area contributed by atoms with E-state index in [1.54, 1.807) is 17.5 Å². The van der Waals surface area contributed by atoms with Crippen LogP contribution in [0, 0.1) is 11.7 Å². The van der Waals surface area contributed by atoms with Gasteiger partial charge in [-0.05, 0) is 25.2 Å². The molecule has 18 heavy (non-hydrogen) atoms. The lowest BCUT2D eigenvalue weighted by atomic mass is 10.4. The lowest BCUT2D eigenvalue weighted by Gasteiger charge is -2.00. The number of pyridine rings is 1. The molecule has 92 valence electrons. The third-order valence-electron chi connectivity index (χ3n) is 2.54. The Hall–Kier alpha value is -1.24. The zero-order valence-corrected chi connectivity index (χ0v) is 11.9. The fourth-order valence-electron chi connectivity index (χ4n) is 1.78. The third kappa shape index (κ3) is 2.07. The molecule has 0 aliphatic carbocycles. The van der Waals surface area contributed by atoms with Crippen molar-refractivity contribution in [3.8, 4) is 0 Å². The number of aromatic nitrogens is 4. The van der Waals surface area contributed by atoms with E-state index in [-0.39, 0.29) is 0 Å². The van der Waals surface area contributed by atoms with Gasteiger partial charge in [-0.3, -0.25) is 4.57 Å². The van der Waals surface area contributed by atoms with Crippen molar-refractivity contribution in [1.29, 1.82) is 0 Å². The van der Waals surface area contributed by atoms with Crippen LogP contribution in [-0.2, 0) is 6.54 Å². The van der Waals surface area contributed by atoms with Crippen LogP contribution in [0.1, 0.15) is 10.7 Å². The van der Waals surface area contributed by atoms with Gasteiger partial charge in [-0.25, -0.2) is 9.97 Å². The maximum absolute atomic E-state index is 5.91. The number of aromatic amines is 1. The van der Waals surface area contributed by atoms with Crippen molar-refractivity contribution >= 4 is 46.3 Å². The molecule has 1 N–H and O–H groups in total. The summed E-state index contributed by atoms with van der Waals surface area (Å²) in [5.41, 5.74) is 2.68. The van der Waals surface area contributed by atoms with Gasteiger partial charge in [0.2, 0.25) is 0 Å². The van der Waals surface area contributed by atoms with Gasteiger partial charge < -0.3 is 4.98 Å². The molecule has 0 aliphatic rings. The van der Waals surface area contributed by atoms with Gasteiger partial charge >= 0.3 is 0 Å². The van der Waals surface area contributed by atoms with Crippen molar-refractivity contribution in [1.82, 2.24) is 19.5 Å². The number of aryl methyl sites for hydroxylation is 1. The maximum atomic E-state index is 5.91. The molecule has 4 nitrogen and oxygen atoms in total. The largest absolute Gasteiger partial charge is 0.329 e. The van der Waals surface area contributed by atoms with E-state index in [9.17, 15) is 0 Å². The summed E-state index contributed by atoms with van der Waals surface area (Å²) in [6.07, 6.45) is 1.62. The number of hydrogen-bond donors (Lipinski definition) is 1. The molecule has 0 fully saturated rings. The third-order valence-corrected chi connectivity index (χ3v) is 4.02. The molecule has 0 saturated heterocycles. The maximum Gasteiger partial charge on any atom is 0.179 e. The van der Waals surface area contributed by atoms with Gasteiger partial charge in [0.05, 0.1) is 17.1 Å². The topological polar surface area (TPSA) is 46.5 Å². The van der Waals surface area contributed by atoms with Gasteiger partial charge in [0, 0.05) is 17.3 Å². The molecule has 3 aromatic heterocycles. The van der Waals surface area contributed by atoms with Gasteiger partial charge in [-0.2, -0.15) is 0 Å². The van der Waals surface area contributed by atoms with Gasteiger partial charge in [-0.15, -0.1) is 11.3 Å². The van der Waals surface area contributed by atoms with Crippen molar-refractivity contribution in [3.63, 3.8) is 0 Å². The first kappa shape index (κ1) is 11.8. The fraction of sp³-hybridized carbons (Fsp3) is 0.182. The fourth-order valence-corrected chi connectivity index (χ4v) is 2.95. The van der Waals surface area contributed by atoms with Crippen molar-refractivity contribution in [2.75, 3.05) is 0 Å². The molecule has 3 aromatic rings. The molecule has 0 aliphatic heterocycles. The average Bonchev–Trinajstić information content (AvgIpc) is 2.84. The van der Waals surface area contributed by atoms with Crippen LogP contribution in [0.25, 0.3) is 11.2 Å². The lowest BCUT2D eigenvalue weighted by molar-refractivity contribution is 0.791. The summed E-state index contributed by atoms with van der Waals surface area (Å²) in [6.45, 7) is 2.61. The predicted octanol–water partition coefficient (Wildman–Crippen LogP) is 3.56. The molecule has 0 aromatic carbocycles. The number of nitrogens with one attached hydrogen (secondary N) is 1. The molecule has 0 radical (unpaired) electrons. The minimum absolute atomic E-state index is 0.594. The summed E-state index contributed by atoms with van der Waals surface area (Å²) >= 11 is 12.8. The highest BCUT2D eigenvalue weighted by atomic mass is 35.5. The summed E-state index contributed by atoms with van der Waals surface area (Å²) < 4.78 is 2.56. The highest BCUT2D eigenvalue weighted by Gasteiger charge is 2.08. The predicted molar refractivity (Wildman–Crippen MR) is 75.9 cm³/mol. The van der Waals surface area contributed by atoms with Gasteiger partial charge in [0.15, 0.2) is 10.4 Å². The monoisotopic (exact) mass is 296 g/mol. The summed E-state index contributed by atoms with van der Waals surface area (Å²) in [4.78, 5) is 11.9. The van der Waals surface area contributed by atoms with Crippen molar-refractivity contribution < 1.29 is 0 Å². The summed E-state index contributed by atoms with van der Waals surface area (Å²) in [5, 5.41) is 3.63. The van der Waals surface area contributed by atoms with E-state index in [2.05, 4.69) is 15.0 Å². The second-order valence-corrected chi connectivity index (χ2v) is 5.69. The van der Waals surface area contributed by atoms with Gasteiger partial charge in [-0.1, -0.05) is 11.6 Å². The first-order valence-electron chi connectivity index (χ1n) is 5.28. The number of nitrogens with zero attached hydrogens (tertiary/aromatic N) is 3. The number of H-pyrrole nitrogens is 1. The molecule has 0 bridgehead atoms. The van der Waals surface area contributed by atoms with Crippen LogP contribution in [0.3, 0.4) is 0 Å². The number of halogens is 1. The minimum Gasteiger partial charge on any atom is -0.329 e. The van der Waals surface area contributed by atoms with Crippen LogP contribution in [0.4, 0.5) is 0 Å². The first-order chi connectivity index (χ1) is 8.63. The summed E-state index contributed by atoms with van der Waals surface area (Å²) in [5.74, 6) is 0. The van der Waals surface area contributed by atoms with Crippen LogP contribution < -0.4 is 0 Å². The highest BCUT2D eigenvalue weighted by molar-refractivity contribution is 7.71. The Labute approximate surface area is 117 Å². The smallest absolute Gasteiger partial charge is 0.179 e.